The molecule has 3 heteroatoms. The number of benzene rings is 1. The number of phenolic OH excluding ortho intramolecular Hbond substituents is 1. The van der Waals surface area contributed by atoms with E-state index < -0.39 is 0 Å². The van der Waals surface area contributed by atoms with Crippen LogP contribution in [0.25, 0.3) is 0 Å². The Morgan fingerprint density at radius 3 is 3.23 bits per heavy atom. The fraction of sp³-hybridized carbons (Fsp3) is 0.400. The van der Waals surface area contributed by atoms with Gasteiger partial charge in [0.2, 0.25) is 0 Å². The summed E-state index contributed by atoms with van der Waals surface area (Å²) in [7, 11) is 1.91. The first-order valence-corrected chi connectivity index (χ1v) is 4.43. The molecule has 3 nitrogen and oxygen atoms in total. The molecule has 0 saturated carbocycles. The highest BCUT2D eigenvalue weighted by Crippen LogP contribution is 2.31. The molecule has 13 heavy (non-hydrogen) atoms. The summed E-state index contributed by atoms with van der Waals surface area (Å²) in [6, 6.07) is 5.29. The minimum Gasteiger partial charge on any atom is -0.508 e. The topological polar surface area (TPSA) is 41.5 Å². The Kier molecular flexibility index (Phi) is 2.10. The minimum absolute atomic E-state index is 0.210. The molecule has 1 atom stereocenters. The predicted molar refractivity (Wildman–Crippen MR) is 50.2 cm³/mol. The van der Waals surface area contributed by atoms with E-state index in [9.17, 15) is 5.11 Å². The summed E-state index contributed by atoms with van der Waals surface area (Å²) in [5.41, 5.74) is 1.18. The first-order chi connectivity index (χ1) is 6.29. The van der Waals surface area contributed by atoms with Gasteiger partial charge in [-0.05, 0) is 18.7 Å². The summed E-state index contributed by atoms with van der Waals surface area (Å²) >= 11 is 0. The van der Waals surface area contributed by atoms with Crippen LogP contribution in [-0.2, 0) is 6.42 Å². The molecule has 1 aliphatic rings. The quantitative estimate of drug-likeness (QED) is 0.709. The van der Waals surface area contributed by atoms with Crippen LogP contribution >= 0.6 is 0 Å². The van der Waals surface area contributed by atoms with Gasteiger partial charge in [-0.25, -0.2) is 0 Å². The van der Waals surface area contributed by atoms with Gasteiger partial charge in [0, 0.05) is 19.0 Å². The van der Waals surface area contributed by atoms with Crippen LogP contribution in [0.3, 0.4) is 0 Å². The molecular weight excluding hydrogens is 166 g/mol. The molecular formula is C10H13NO2. The molecule has 2 rings (SSSR count). The van der Waals surface area contributed by atoms with Gasteiger partial charge >= 0.3 is 0 Å². The number of rotatable bonds is 2. The number of hydrogen-bond acceptors (Lipinski definition) is 3. The predicted octanol–water partition coefficient (Wildman–Crippen LogP) is 0.915. The van der Waals surface area contributed by atoms with Crippen LogP contribution in [0.4, 0.5) is 0 Å². The zero-order valence-electron chi connectivity index (χ0n) is 7.58. The van der Waals surface area contributed by atoms with Gasteiger partial charge in [-0.3, -0.25) is 0 Å². The van der Waals surface area contributed by atoms with E-state index >= 15 is 0 Å². The van der Waals surface area contributed by atoms with Crippen LogP contribution in [0, 0.1) is 0 Å². The summed E-state index contributed by atoms with van der Waals surface area (Å²) in [4.78, 5) is 0. The summed E-state index contributed by atoms with van der Waals surface area (Å²) in [5.74, 6) is 1.09. The van der Waals surface area contributed by atoms with Gasteiger partial charge in [0.1, 0.15) is 17.6 Å². The van der Waals surface area contributed by atoms with Crippen molar-refractivity contribution in [2.45, 2.75) is 12.5 Å². The van der Waals surface area contributed by atoms with Crippen LogP contribution in [0.15, 0.2) is 18.2 Å². The average molecular weight is 179 g/mol. The van der Waals surface area contributed by atoms with E-state index in [0.717, 1.165) is 18.7 Å². The Bertz CT molecular complexity index is 312. The molecule has 1 unspecified atom stereocenters. The maximum atomic E-state index is 9.22. The van der Waals surface area contributed by atoms with Crippen molar-refractivity contribution in [2.75, 3.05) is 13.6 Å². The number of nitrogens with one attached hydrogen (secondary N) is 1. The number of likely N-dealkylation sites (N-methyl/N-ethyl adjacent to an activating group) is 1. The molecule has 0 bridgehead atoms. The zero-order valence-corrected chi connectivity index (χ0v) is 7.58. The van der Waals surface area contributed by atoms with E-state index in [-0.39, 0.29) is 11.9 Å². The Hall–Kier alpha value is -1.22. The lowest BCUT2D eigenvalue weighted by atomic mass is 10.1. The third-order valence-electron chi connectivity index (χ3n) is 2.22. The molecule has 0 radical (unpaired) electrons. The molecule has 0 amide bonds. The lowest BCUT2D eigenvalue weighted by Gasteiger charge is -2.08. The highest BCUT2D eigenvalue weighted by Gasteiger charge is 2.21. The van der Waals surface area contributed by atoms with Crippen molar-refractivity contribution < 1.29 is 9.84 Å². The Balaban J connectivity index is 2.16. The first-order valence-electron chi connectivity index (χ1n) is 4.43. The molecule has 0 saturated heterocycles. The minimum atomic E-state index is 0.210. The van der Waals surface area contributed by atoms with Gasteiger partial charge in [0.05, 0.1) is 0 Å². The van der Waals surface area contributed by atoms with Gasteiger partial charge < -0.3 is 15.2 Å². The normalized spacial score (nSPS) is 19.6. The SMILES string of the molecule is CNCC1Cc2ccc(O)cc2O1. The zero-order chi connectivity index (χ0) is 9.26. The van der Waals surface area contributed by atoms with Crippen LogP contribution < -0.4 is 10.1 Å². The van der Waals surface area contributed by atoms with E-state index in [1.54, 1.807) is 12.1 Å². The van der Waals surface area contributed by atoms with Crippen molar-refractivity contribution in [3.8, 4) is 11.5 Å². The van der Waals surface area contributed by atoms with E-state index in [0.29, 0.717) is 0 Å². The second kappa shape index (κ2) is 3.26. The third kappa shape index (κ3) is 1.60. The second-order valence-electron chi connectivity index (χ2n) is 3.29. The monoisotopic (exact) mass is 179 g/mol. The smallest absolute Gasteiger partial charge is 0.126 e. The molecule has 2 N–H and O–H groups in total. The van der Waals surface area contributed by atoms with Gasteiger partial charge in [0.15, 0.2) is 0 Å². The van der Waals surface area contributed by atoms with Crippen LogP contribution in [0.2, 0.25) is 0 Å². The summed E-state index contributed by atoms with van der Waals surface area (Å²) in [6.45, 7) is 0.843. The molecule has 0 aliphatic carbocycles. The van der Waals surface area contributed by atoms with Gasteiger partial charge in [-0.2, -0.15) is 0 Å². The van der Waals surface area contributed by atoms with Crippen molar-refractivity contribution in [2.24, 2.45) is 0 Å². The Labute approximate surface area is 77.3 Å². The molecule has 70 valence electrons. The molecule has 0 aromatic heterocycles. The maximum absolute atomic E-state index is 9.22. The molecule has 0 fully saturated rings. The molecule has 1 aliphatic heterocycles. The van der Waals surface area contributed by atoms with Crippen molar-refractivity contribution >= 4 is 0 Å². The number of aromatic hydroxyl groups is 1. The number of fused-ring (bicyclic) bond motifs is 1. The number of phenols is 1. The van der Waals surface area contributed by atoms with Crippen molar-refractivity contribution in [1.82, 2.24) is 5.32 Å². The van der Waals surface area contributed by atoms with Crippen molar-refractivity contribution in [3.63, 3.8) is 0 Å². The summed E-state index contributed by atoms with van der Waals surface area (Å²) in [5, 5.41) is 12.3. The lowest BCUT2D eigenvalue weighted by molar-refractivity contribution is 0.231. The molecule has 0 spiro atoms. The maximum Gasteiger partial charge on any atom is 0.126 e. The number of ether oxygens (including phenoxy) is 1. The van der Waals surface area contributed by atoms with Crippen LogP contribution in [0.5, 0.6) is 11.5 Å². The number of hydrogen-bond donors (Lipinski definition) is 2. The van der Waals surface area contributed by atoms with Crippen LogP contribution in [0.1, 0.15) is 5.56 Å². The second-order valence-corrected chi connectivity index (χ2v) is 3.29. The largest absolute Gasteiger partial charge is 0.508 e. The van der Waals surface area contributed by atoms with Crippen LogP contribution in [-0.4, -0.2) is 24.8 Å². The standard InChI is InChI=1S/C10H13NO2/c1-11-6-9-4-7-2-3-8(12)5-10(7)13-9/h2-3,5,9,11-12H,4,6H2,1H3. The van der Waals surface area contributed by atoms with E-state index in [4.69, 9.17) is 4.74 Å². The summed E-state index contributed by atoms with van der Waals surface area (Å²) < 4.78 is 5.61. The van der Waals surface area contributed by atoms with Gasteiger partial charge in [-0.1, -0.05) is 6.07 Å². The Morgan fingerprint density at radius 1 is 1.62 bits per heavy atom. The molecule has 1 aromatic carbocycles. The lowest BCUT2D eigenvalue weighted by Crippen LogP contribution is -2.27. The Morgan fingerprint density at radius 2 is 2.46 bits per heavy atom. The molecule has 1 aromatic rings. The fourth-order valence-corrected chi connectivity index (χ4v) is 1.63. The summed E-state index contributed by atoms with van der Waals surface area (Å²) in [6.07, 6.45) is 1.14. The van der Waals surface area contributed by atoms with E-state index in [2.05, 4.69) is 5.32 Å². The van der Waals surface area contributed by atoms with E-state index in [1.807, 2.05) is 13.1 Å². The van der Waals surface area contributed by atoms with E-state index in [1.165, 1.54) is 5.56 Å². The highest BCUT2D eigenvalue weighted by molar-refractivity contribution is 5.43. The average Bonchev–Trinajstić information content (AvgIpc) is 2.46. The van der Waals surface area contributed by atoms with Crippen molar-refractivity contribution in [3.05, 3.63) is 23.8 Å². The van der Waals surface area contributed by atoms with Gasteiger partial charge in [0.25, 0.3) is 0 Å². The van der Waals surface area contributed by atoms with Crippen molar-refractivity contribution in [1.29, 1.82) is 0 Å². The van der Waals surface area contributed by atoms with Gasteiger partial charge in [-0.15, -0.1) is 0 Å². The fourth-order valence-electron chi connectivity index (χ4n) is 1.63. The third-order valence-corrected chi connectivity index (χ3v) is 2.22. The molecule has 1 heterocycles. The highest BCUT2D eigenvalue weighted by atomic mass is 16.5. The first kappa shape index (κ1) is 8.38.